The SMILES string of the molecule is CNCC1COCCN1Cc1c(C)nn(C)c1Cl. The predicted molar refractivity (Wildman–Crippen MR) is 71.9 cm³/mol. The summed E-state index contributed by atoms with van der Waals surface area (Å²) in [6.07, 6.45) is 0. The summed E-state index contributed by atoms with van der Waals surface area (Å²) in [5, 5.41) is 8.31. The maximum Gasteiger partial charge on any atom is 0.131 e. The number of rotatable bonds is 4. The van der Waals surface area contributed by atoms with Crippen molar-refractivity contribution in [1.29, 1.82) is 0 Å². The van der Waals surface area contributed by atoms with E-state index in [1.54, 1.807) is 4.68 Å². The molecular weight excluding hydrogens is 252 g/mol. The molecule has 0 aliphatic carbocycles. The molecule has 0 amide bonds. The van der Waals surface area contributed by atoms with E-state index in [4.69, 9.17) is 16.3 Å². The minimum absolute atomic E-state index is 0.402. The smallest absolute Gasteiger partial charge is 0.131 e. The number of aryl methyl sites for hydroxylation is 2. The maximum absolute atomic E-state index is 6.28. The Morgan fingerprint density at radius 2 is 2.33 bits per heavy atom. The molecule has 1 atom stereocenters. The fraction of sp³-hybridized carbons (Fsp3) is 0.750. The standard InChI is InChI=1S/C12H21ClN4O/c1-9-11(12(13)16(3)15-9)7-17-4-5-18-8-10(17)6-14-2/h10,14H,4-8H2,1-3H3. The molecule has 6 heteroatoms. The van der Waals surface area contributed by atoms with Gasteiger partial charge in [-0.05, 0) is 14.0 Å². The summed E-state index contributed by atoms with van der Waals surface area (Å²) in [5.41, 5.74) is 2.14. The zero-order valence-electron chi connectivity index (χ0n) is 11.2. The molecule has 1 aromatic heterocycles. The van der Waals surface area contributed by atoms with E-state index >= 15 is 0 Å². The van der Waals surface area contributed by atoms with Gasteiger partial charge in [0.05, 0.1) is 18.9 Å². The number of hydrogen-bond donors (Lipinski definition) is 1. The quantitative estimate of drug-likeness (QED) is 0.881. The summed E-state index contributed by atoms with van der Waals surface area (Å²) < 4.78 is 7.27. The van der Waals surface area contributed by atoms with Crippen LogP contribution in [0.15, 0.2) is 0 Å². The molecule has 1 N–H and O–H groups in total. The summed E-state index contributed by atoms with van der Waals surface area (Å²) in [7, 11) is 3.85. The molecule has 1 unspecified atom stereocenters. The van der Waals surface area contributed by atoms with Gasteiger partial charge in [-0.2, -0.15) is 5.10 Å². The molecule has 0 aromatic carbocycles. The maximum atomic E-state index is 6.28. The average molecular weight is 273 g/mol. The van der Waals surface area contributed by atoms with Crippen molar-refractivity contribution in [1.82, 2.24) is 20.0 Å². The van der Waals surface area contributed by atoms with Crippen LogP contribution in [0.5, 0.6) is 0 Å². The average Bonchev–Trinajstić information content (AvgIpc) is 2.59. The van der Waals surface area contributed by atoms with Gasteiger partial charge in [-0.1, -0.05) is 11.6 Å². The largest absolute Gasteiger partial charge is 0.378 e. The van der Waals surface area contributed by atoms with Crippen LogP contribution in [-0.2, 0) is 18.3 Å². The topological polar surface area (TPSA) is 42.3 Å². The molecule has 18 heavy (non-hydrogen) atoms. The van der Waals surface area contributed by atoms with Crippen LogP contribution in [0.4, 0.5) is 0 Å². The molecule has 1 aliphatic rings. The minimum atomic E-state index is 0.402. The summed E-state index contributed by atoms with van der Waals surface area (Å²) in [6, 6.07) is 0.402. The Labute approximate surface area is 113 Å². The number of halogens is 1. The second-order valence-electron chi connectivity index (χ2n) is 4.74. The van der Waals surface area contributed by atoms with Crippen LogP contribution in [0.2, 0.25) is 5.15 Å². The monoisotopic (exact) mass is 272 g/mol. The molecule has 1 fully saturated rings. The Hall–Kier alpha value is -0.620. The molecule has 1 saturated heterocycles. The molecule has 102 valence electrons. The highest BCUT2D eigenvalue weighted by atomic mass is 35.5. The van der Waals surface area contributed by atoms with Crippen LogP contribution >= 0.6 is 11.6 Å². The fourth-order valence-corrected chi connectivity index (χ4v) is 2.61. The zero-order valence-corrected chi connectivity index (χ0v) is 12.0. The molecule has 1 aromatic rings. The lowest BCUT2D eigenvalue weighted by Crippen LogP contribution is -2.49. The zero-order chi connectivity index (χ0) is 13.1. The van der Waals surface area contributed by atoms with Crippen LogP contribution in [0, 0.1) is 6.92 Å². The van der Waals surface area contributed by atoms with Crippen molar-refractivity contribution < 1.29 is 4.74 Å². The molecule has 0 spiro atoms. The van der Waals surface area contributed by atoms with Gasteiger partial charge in [0.1, 0.15) is 5.15 Å². The first-order chi connectivity index (χ1) is 8.63. The Balaban J connectivity index is 2.10. The Bertz CT molecular complexity index is 405. The third kappa shape index (κ3) is 2.85. The summed E-state index contributed by atoms with van der Waals surface area (Å²) >= 11 is 6.28. The Kier molecular flexibility index (Phi) is 4.61. The lowest BCUT2D eigenvalue weighted by Gasteiger charge is -2.35. The van der Waals surface area contributed by atoms with E-state index in [0.29, 0.717) is 6.04 Å². The van der Waals surface area contributed by atoms with Crippen LogP contribution < -0.4 is 5.32 Å². The molecule has 0 radical (unpaired) electrons. The predicted octanol–water partition coefficient (Wildman–Crippen LogP) is 0.802. The van der Waals surface area contributed by atoms with E-state index in [0.717, 1.165) is 49.3 Å². The lowest BCUT2D eigenvalue weighted by molar-refractivity contribution is -0.0104. The van der Waals surface area contributed by atoms with Gasteiger partial charge < -0.3 is 10.1 Å². The third-order valence-corrected chi connectivity index (χ3v) is 3.89. The van der Waals surface area contributed by atoms with Gasteiger partial charge in [0.25, 0.3) is 0 Å². The molecule has 0 saturated carbocycles. The lowest BCUT2D eigenvalue weighted by atomic mass is 10.1. The van der Waals surface area contributed by atoms with Crippen molar-refractivity contribution in [2.24, 2.45) is 7.05 Å². The first-order valence-corrected chi connectivity index (χ1v) is 6.65. The number of nitrogens with one attached hydrogen (secondary N) is 1. The second-order valence-corrected chi connectivity index (χ2v) is 5.09. The molecular formula is C12H21ClN4O. The number of aromatic nitrogens is 2. The highest BCUT2D eigenvalue weighted by molar-refractivity contribution is 6.30. The van der Waals surface area contributed by atoms with Gasteiger partial charge in [0.2, 0.25) is 0 Å². The Morgan fingerprint density at radius 3 is 2.94 bits per heavy atom. The van der Waals surface area contributed by atoms with Crippen molar-refractivity contribution in [3.05, 3.63) is 16.4 Å². The highest BCUT2D eigenvalue weighted by Crippen LogP contribution is 2.22. The van der Waals surface area contributed by atoms with E-state index in [-0.39, 0.29) is 0 Å². The van der Waals surface area contributed by atoms with Crippen molar-refractivity contribution >= 4 is 11.6 Å². The molecule has 2 rings (SSSR count). The number of nitrogens with zero attached hydrogens (tertiary/aromatic N) is 3. The van der Waals surface area contributed by atoms with Crippen LogP contribution in [0.1, 0.15) is 11.3 Å². The van der Waals surface area contributed by atoms with Gasteiger partial charge in [-0.3, -0.25) is 9.58 Å². The Morgan fingerprint density at radius 1 is 1.56 bits per heavy atom. The summed E-state index contributed by atoms with van der Waals surface area (Å²) in [6.45, 7) is 6.28. The van der Waals surface area contributed by atoms with Gasteiger partial charge >= 0.3 is 0 Å². The molecule has 0 bridgehead atoms. The number of likely N-dealkylation sites (N-methyl/N-ethyl adjacent to an activating group) is 1. The van der Waals surface area contributed by atoms with E-state index in [2.05, 4.69) is 15.3 Å². The van der Waals surface area contributed by atoms with Gasteiger partial charge in [-0.25, -0.2) is 0 Å². The third-order valence-electron chi connectivity index (χ3n) is 3.42. The van der Waals surface area contributed by atoms with Crippen LogP contribution in [0.3, 0.4) is 0 Å². The number of ether oxygens (including phenoxy) is 1. The summed E-state index contributed by atoms with van der Waals surface area (Å²) in [4.78, 5) is 2.41. The van der Waals surface area contributed by atoms with Gasteiger partial charge in [0.15, 0.2) is 0 Å². The van der Waals surface area contributed by atoms with E-state index in [1.165, 1.54) is 0 Å². The first kappa shape index (κ1) is 13.8. The van der Waals surface area contributed by atoms with Crippen molar-refractivity contribution in [2.75, 3.05) is 33.4 Å². The van der Waals surface area contributed by atoms with Crippen molar-refractivity contribution in [2.45, 2.75) is 19.5 Å². The highest BCUT2D eigenvalue weighted by Gasteiger charge is 2.24. The van der Waals surface area contributed by atoms with E-state index in [9.17, 15) is 0 Å². The van der Waals surface area contributed by atoms with Gasteiger partial charge in [0, 0.05) is 38.3 Å². The van der Waals surface area contributed by atoms with Gasteiger partial charge in [-0.15, -0.1) is 0 Å². The summed E-state index contributed by atoms with van der Waals surface area (Å²) in [5.74, 6) is 0. The van der Waals surface area contributed by atoms with Crippen LogP contribution in [-0.4, -0.2) is 54.1 Å². The second kappa shape index (κ2) is 6.02. The fourth-order valence-electron chi connectivity index (χ4n) is 2.38. The van der Waals surface area contributed by atoms with Crippen molar-refractivity contribution in [3.8, 4) is 0 Å². The molecule has 2 heterocycles. The first-order valence-electron chi connectivity index (χ1n) is 6.28. The number of hydrogen-bond acceptors (Lipinski definition) is 4. The van der Waals surface area contributed by atoms with E-state index in [1.807, 2.05) is 21.0 Å². The van der Waals surface area contributed by atoms with E-state index < -0.39 is 0 Å². The molecule has 5 nitrogen and oxygen atoms in total. The molecule has 1 aliphatic heterocycles. The minimum Gasteiger partial charge on any atom is -0.378 e. The van der Waals surface area contributed by atoms with Crippen molar-refractivity contribution in [3.63, 3.8) is 0 Å². The normalized spacial score (nSPS) is 21.4. The van der Waals surface area contributed by atoms with Crippen LogP contribution in [0.25, 0.3) is 0 Å². The number of morpholine rings is 1.